The minimum atomic E-state index is -0.152. The van der Waals surface area contributed by atoms with Crippen LogP contribution >= 0.6 is 0 Å². The molecule has 1 aliphatic heterocycles. The van der Waals surface area contributed by atoms with Crippen molar-refractivity contribution in [3.8, 4) is 0 Å². The Labute approximate surface area is 185 Å². The summed E-state index contributed by atoms with van der Waals surface area (Å²) in [6.07, 6.45) is 13.3. The Morgan fingerprint density at radius 2 is 1.93 bits per heavy atom. The van der Waals surface area contributed by atoms with E-state index in [2.05, 4.69) is 103 Å². The van der Waals surface area contributed by atoms with Crippen LogP contribution in [-0.2, 0) is 5.41 Å². The van der Waals surface area contributed by atoms with E-state index in [4.69, 9.17) is 0 Å². The van der Waals surface area contributed by atoms with Gasteiger partial charge in [0.1, 0.15) is 0 Å². The summed E-state index contributed by atoms with van der Waals surface area (Å²) in [6.45, 7) is 24.3. The van der Waals surface area contributed by atoms with Crippen LogP contribution in [0.1, 0.15) is 83.9 Å². The van der Waals surface area contributed by atoms with Crippen molar-refractivity contribution in [1.29, 1.82) is 0 Å². The van der Waals surface area contributed by atoms with Gasteiger partial charge in [0.2, 0.25) is 0 Å². The maximum atomic E-state index is 4.55. The SMILES string of the molecule is C=Cc1ccc(C)c(C(C)(C)C(=C)/C=C(\CC)N2C(/C=C\CC)=C(C)CCC2C)c1. The molecule has 0 aliphatic carbocycles. The first kappa shape index (κ1) is 24.0. The Balaban J connectivity index is 2.50. The monoisotopic (exact) mass is 403 g/mol. The van der Waals surface area contributed by atoms with Gasteiger partial charge in [-0.05, 0) is 86.4 Å². The maximum Gasteiger partial charge on any atom is 0.0396 e. The molecule has 0 saturated carbocycles. The second-order valence-electron chi connectivity index (χ2n) is 9.15. The quantitative estimate of drug-likeness (QED) is 0.393. The summed E-state index contributed by atoms with van der Waals surface area (Å²) >= 11 is 0. The Morgan fingerprint density at radius 3 is 2.53 bits per heavy atom. The number of rotatable bonds is 8. The summed E-state index contributed by atoms with van der Waals surface area (Å²) in [5.41, 5.74) is 8.99. The highest BCUT2D eigenvalue weighted by Gasteiger charge is 2.28. The third kappa shape index (κ3) is 5.06. The van der Waals surface area contributed by atoms with Crippen LogP contribution in [0.4, 0.5) is 0 Å². The van der Waals surface area contributed by atoms with Crippen molar-refractivity contribution in [2.45, 2.75) is 85.6 Å². The molecular weight excluding hydrogens is 362 g/mol. The standard InChI is InChI=1S/C29H41N/c1-10-13-14-28-22(5)15-17-24(7)30(28)26(12-3)19-23(6)29(8,9)27-20-25(11-2)18-16-21(27)4/h11,13-14,16,18-20,24H,2,6,10,12,15,17H2,1,3-5,7-9H3/b14-13-,26-19+. The summed E-state index contributed by atoms with van der Waals surface area (Å²) in [5, 5.41) is 0. The second-order valence-corrected chi connectivity index (χ2v) is 9.15. The molecule has 0 aromatic heterocycles. The highest BCUT2D eigenvalue weighted by Crippen LogP contribution is 2.37. The van der Waals surface area contributed by atoms with Crippen LogP contribution in [0.5, 0.6) is 0 Å². The van der Waals surface area contributed by atoms with Crippen molar-refractivity contribution in [3.05, 3.63) is 88.8 Å². The summed E-state index contributed by atoms with van der Waals surface area (Å²) in [6, 6.07) is 7.08. The molecule has 0 fully saturated rings. The predicted octanol–water partition coefficient (Wildman–Crippen LogP) is 8.49. The fourth-order valence-corrected chi connectivity index (χ4v) is 4.35. The van der Waals surface area contributed by atoms with Crippen LogP contribution in [0.3, 0.4) is 0 Å². The summed E-state index contributed by atoms with van der Waals surface area (Å²) in [4.78, 5) is 2.55. The van der Waals surface area contributed by atoms with Gasteiger partial charge in [-0.15, -0.1) is 0 Å². The molecular formula is C29H41N. The van der Waals surface area contributed by atoms with E-state index in [0.29, 0.717) is 6.04 Å². The number of aryl methyl sites for hydroxylation is 1. The number of hydrogen-bond acceptors (Lipinski definition) is 1. The van der Waals surface area contributed by atoms with E-state index in [1.807, 2.05) is 6.08 Å². The Morgan fingerprint density at radius 1 is 1.23 bits per heavy atom. The van der Waals surface area contributed by atoms with E-state index in [-0.39, 0.29) is 5.41 Å². The van der Waals surface area contributed by atoms with E-state index in [0.717, 1.165) is 24.0 Å². The number of benzene rings is 1. The Hall–Kier alpha value is -2.28. The zero-order chi connectivity index (χ0) is 22.5. The van der Waals surface area contributed by atoms with Crippen LogP contribution < -0.4 is 0 Å². The second kappa shape index (κ2) is 10.2. The molecule has 0 N–H and O–H groups in total. The maximum absolute atomic E-state index is 4.55. The summed E-state index contributed by atoms with van der Waals surface area (Å²) in [7, 11) is 0. The minimum Gasteiger partial charge on any atom is -0.342 e. The smallest absolute Gasteiger partial charge is 0.0396 e. The molecule has 1 aliphatic rings. The van der Waals surface area contributed by atoms with Gasteiger partial charge >= 0.3 is 0 Å². The van der Waals surface area contributed by atoms with Crippen molar-refractivity contribution >= 4 is 6.08 Å². The molecule has 1 atom stereocenters. The lowest BCUT2D eigenvalue weighted by molar-refractivity contribution is 0.293. The van der Waals surface area contributed by atoms with Crippen molar-refractivity contribution < 1.29 is 0 Å². The highest BCUT2D eigenvalue weighted by atomic mass is 15.2. The van der Waals surface area contributed by atoms with Gasteiger partial charge < -0.3 is 4.90 Å². The van der Waals surface area contributed by atoms with E-state index in [9.17, 15) is 0 Å². The number of hydrogen-bond donors (Lipinski definition) is 0. The predicted molar refractivity (Wildman–Crippen MR) is 134 cm³/mol. The molecule has 1 heteroatoms. The normalized spacial score (nSPS) is 18.3. The van der Waals surface area contributed by atoms with Gasteiger partial charge in [0, 0.05) is 22.9 Å². The van der Waals surface area contributed by atoms with E-state index in [1.165, 1.54) is 40.9 Å². The molecule has 0 radical (unpaired) electrons. The molecule has 162 valence electrons. The third-order valence-electron chi connectivity index (χ3n) is 6.57. The van der Waals surface area contributed by atoms with Crippen LogP contribution in [0.2, 0.25) is 0 Å². The number of nitrogens with zero attached hydrogens (tertiary/aromatic N) is 1. The van der Waals surface area contributed by atoms with E-state index < -0.39 is 0 Å². The summed E-state index contributed by atoms with van der Waals surface area (Å²) in [5.74, 6) is 0. The lowest BCUT2D eigenvalue weighted by Crippen LogP contribution is -2.35. The lowest BCUT2D eigenvalue weighted by atomic mass is 9.75. The van der Waals surface area contributed by atoms with Gasteiger partial charge in [-0.2, -0.15) is 0 Å². The molecule has 1 aromatic rings. The van der Waals surface area contributed by atoms with Crippen molar-refractivity contribution in [2.75, 3.05) is 0 Å². The molecule has 1 heterocycles. The van der Waals surface area contributed by atoms with Gasteiger partial charge in [0.15, 0.2) is 0 Å². The Bertz CT molecular complexity index is 876. The first-order chi connectivity index (χ1) is 14.2. The van der Waals surface area contributed by atoms with Crippen molar-refractivity contribution in [2.24, 2.45) is 0 Å². The van der Waals surface area contributed by atoms with Gasteiger partial charge in [0.25, 0.3) is 0 Å². The fourth-order valence-electron chi connectivity index (χ4n) is 4.35. The van der Waals surface area contributed by atoms with Crippen LogP contribution in [-0.4, -0.2) is 10.9 Å². The molecule has 0 amide bonds. The third-order valence-corrected chi connectivity index (χ3v) is 6.57. The summed E-state index contributed by atoms with van der Waals surface area (Å²) < 4.78 is 0. The first-order valence-corrected chi connectivity index (χ1v) is 11.5. The zero-order valence-corrected chi connectivity index (χ0v) is 20.3. The molecule has 0 saturated heterocycles. The zero-order valence-electron chi connectivity index (χ0n) is 20.3. The van der Waals surface area contributed by atoms with Crippen LogP contribution in [0.15, 0.2) is 72.1 Å². The van der Waals surface area contributed by atoms with Crippen LogP contribution in [0, 0.1) is 6.92 Å². The van der Waals surface area contributed by atoms with Gasteiger partial charge in [0.05, 0.1) is 0 Å². The van der Waals surface area contributed by atoms with E-state index in [1.54, 1.807) is 0 Å². The largest absolute Gasteiger partial charge is 0.342 e. The average Bonchev–Trinajstić information content (AvgIpc) is 2.72. The topological polar surface area (TPSA) is 3.24 Å². The fraction of sp³-hybridized carbons (Fsp3) is 0.448. The van der Waals surface area contributed by atoms with E-state index >= 15 is 0 Å². The van der Waals surface area contributed by atoms with Crippen molar-refractivity contribution in [3.63, 3.8) is 0 Å². The molecule has 1 nitrogen and oxygen atoms in total. The molecule has 30 heavy (non-hydrogen) atoms. The minimum absolute atomic E-state index is 0.152. The molecule has 1 aromatic carbocycles. The van der Waals surface area contributed by atoms with Gasteiger partial charge in [-0.3, -0.25) is 0 Å². The molecule has 2 rings (SSSR count). The number of allylic oxidation sites excluding steroid dienone is 6. The van der Waals surface area contributed by atoms with Crippen LogP contribution in [0.25, 0.3) is 6.08 Å². The average molecular weight is 404 g/mol. The Kier molecular flexibility index (Phi) is 8.12. The first-order valence-electron chi connectivity index (χ1n) is 11.5. The molecule has 1 unspecified atom stereocenters. The lowest BCUT2D eigenvalue weighted by Gasteiger charge is -2.40. The van der Waals surface area contributed by atoms with Gasteiger partial charge in [-0.1, -0.05) is 71.2 Å². The highest BCUT2D eigenvalue weighted by molar-refractivity contribution is 5.53. The van der Waals surface area contributed by atoms with Gasteiger partial charge in [-0.25, -0.2) is 0 Å². The van der Waals surface area contributed by atoms with Crippen molar-refractivity contribution in [1.82, 2.24) is 4.90 Å². The molecule has 0 spiro atoms. The molecule has 0 bridgehead atoms.